The molecular weight excluding hydrogens is 351 g/mol. The predicted octanol–water partition coefficient (Wildman–Crippen LogP) is 1.53. The molecule has 0 bridgehead atoms. The predicted molar refractivity (Wildman–Crippen MR) is 98.2 cm³/mol. The molecule has 0 aliphatic heterocycles. The topological polar surface area (TPSA) is 104 Å². The van der Waals surface area contributed by atoms with Gasteiger partial charge in [0.25, 0.3) is 17.4 Å². The Labute approximate surface area is 153 Å². The van der Waals surface area contributed by atoms with E-state index in [9.17, 15) is 18.8 Å². The van der Waals surface area contributed by atoms with Crippen LogP contribution in [0.4, 0.5) is 4.39 Å². The van der Waals surface area contributed by atoms with Crippen molar-refractivity contribution in [1.82, 2.24) is 20.8 Å². The zero-order valence-electron chi connectivity index (χ0n) is 14.5. The van der Waals surface area contributed by atoms with Gasteiger partial charge in [-0.3, -0.25) is 14.4 Å². The van der Waals surface area contributed by atoms with Crippen LogP contribution in [0.2, 0.25) is 0 Å². The molecule has 2 amide bonds. The van der Waals surface area contributed by atoms with Crippen LogP contribution in [0.3, 0.4) is 0 Å². The summed E-state index contributed by atoms with van der Waals surface area (Å²) < 4.78 is 13.5. The summed E-state index contributed by atoms with van der Waals surface area (Å²) in [7, 11) is 0. The van der Waals surface area contributed by atoms with Gasteiger partial charge in [0.1, 0.15) is 5.82 Å². The van der Waals surface area contributed by atoms with Crippen molar-refractivity contribution in [3.63, 3.8) is 0 Å². The van der Waals surface area contributed by atoms with Gasteiger partial charge in [-0.05, 0) is 30.7 Å². The number of fused-ring (bicyclic) bond motifs is 1. The van der Waals surface area contributed by atoms with Gasteiger partial charge < -0.3 is 10.6 Å². The molecule has 7 nitrogen and oxygen atoms in total. The van der Waals surface area contributed by atoms with Gasteiger partial charge in [0.2, 0.25) is 0 Å². The molecule has 0 aliphatic rings. The van der Waals surface area contributed by atoms with E-state index in [1.165, 1.54) is 18.2 Å². The smallest absolute Gasteiger partial charge is 0.272 e. The molecule has 1 heterocycles. The van der Waals surface area contributed by atoms with Crippen molar-refractivity contribution in [1.29, 1.82) is 0 Å². The van der Waals surface area contributed by atoms with Crippen LogP contribution in [0, 0.1) is 12.7 Å². The molecule has 8 heteroatoms. The average Bonchev–Trinajstić information content (AvgIpc) is 2.67. The number of carbonyl (C=O) groups is 2. The van der Waals surface area contributed by atoms with E-state index in [0.29, 0.717) is 16.3 Å². The molecular formula is C19H17FN4O3. The van der Waals surface area contributed by atoms with Crippen LogP contribution in [-0.2, 0) is 0 Å². The number of rotatable bonds is 5. The molecule has 0 atom stereocenters. The minimum absolute atomic E-state index is 0.0946. The third kappa shape index (κ3) is 4.00. The Morgan fingerprint density at radius 2 is 1.70 bits per heavy atom. The van der Waals surface area contributed by atoms with Crippen LogP contribution in [0.1, 0.15) is 26.4 Å². The van der Waals surface area contributed by atoms with Gasteiger partial charge >= 0.3 is 0 Å². The second-order valence-corrected chi connectivity index (χ2v) is 5.92. The lowest BCUT2D eigenvalue weighted by atomic mass is 10.1. The first kappa shape index (κ1) is 18.2. The Morgan fingerprint density at radius 1 is 1.04 bits per heavy atom. The van der Waals surface area contributed by atoms with E-state index >= 15 is 0 Å². The van der Waals surface area contributed by atoms with Crippen molar-refractivity contribution in [3.05, 3.63) is 75.5 Å². The van der Waals surface area contributed by atoms with Crippen LogP contribution in [-0.4, -0.2) is 35.1 Å². The van der Waals surface area contributed by atoms with E-state index in [-0.39, 0.29) is 29.9 Å². The van der Waals surface area contributed by atoms with E-state index in [2.05, 4.69) is 20.8 Å². The maximum atomic E-state index is 13.5. The van der Waals surface area contributed by atoms with Crippen LogP contribution in [0.25, 0.3) is 10.8 Å². The molecule has 3 rings (SSSR count). The number of halogens is 1. The second kappa shape index (κ2) is 7.77. The third-order valence-electron chi connectivity index (χ3n) is 4.04. The number of aromatic nitrogens is 2. The molecule has 3 aromatic rings. The Morgan fingerprint density at radius 3 is 2.41 bits per heavy atom. The molecule has 0 saturated heterocycles. The zero-order valence-corrected chi connectivity index (χ0v) is 14.5. The van der Waals surface area contributed by atoms with E-state index in [4.69, 9.17) is 0 Å². The molecule has 0 aliphatic carbocycles. The normalized spacial score (nSPS) is 10.6. The van der Waals surface area contributed by atoms with Crippen molar-refractivity contribution in [2.45, 2.75) is 6.92 Å². The largest absolute Gasteiger partial charge is 0.350 e. The molecule has 0 unspecified atom stereocenters. The Balaban J connectivity index is 1.59. The number of amides is 2. The molecule has 3 N–H and O–H groups in total. The third-order valence-corrected chi connectivity index (χ3v) is 4.04. The van der Waals surface area contributed by atoms with Gasteiger partial charge in [0.05, 0.1) is 5.39 Å². The van der Waals surface area contributed by atoms with Crippen LogP contribution in [0.5, 0.6) is 0 Å². The standard InChI is InChI=1S/C19H17FN4O3/c1-11-6-7-12(10-15(11)20)17(25)21-8-9-22-19(27)16-13-4-2-3-5-14(13)18(26)24-23-16/h2-7,10H,8-9H2,1H3,(H,21,25)(H,22,27)(H,24,26). The quantitative estimate of drug-likeness (QED) is 0.594. The fourth-order valence-corrected chi connectivity index (χ4v) is 2.56. The number of nitrogens with zero attached hydrogens (tertiary/aromatic N) is 1. The summed E-state index contributed by atoms with van der Waals surface area (Å²) in [5.74, 6) is -1.36. The minimum atomic E-state index is -0.474. The van der Waals surface area contributed by atoms with E-state index in [1.807, 2.05) is 0 Å². The molecule has 27 heavy (non-hydrogen) atoms. The summed E-state index contributed by atoms with van der Waals surface area (Å²) in [5, 5.41) is 12.1. The molecule has 0 spiro atoms. The monoisotopic (exact) mass is 368 g/mol. The van der Waals surface area contributed by atoms with Crippen LogP contribution >= 0.6 is 0 Å². The highest BCUT2D eigenvalue weighted by molar-refractivity contribution is 6.04. The number of aromatic amines is 1. The lowest BCUT2D eigenvalue weighted by molar-refractivity contribution is 0.0925. The molecule has 0 fully saturated rings. The van der Waals surface area contributed by atoms with Gasteiger partial charge in [-0.15, -0.1) is 0 Å². The maximum absolute atomic E-state index is 13.5. The highest BCUT2D eigenvalue weighted by Gasteiger charge is 2.13. The first-order valence-corrected chi connectivity index (χ1v) is 8.27. The number of hydrogen-bond donors (Lipinski definition) is 3. The Kier molecular flexibility index (Phi) is 5.25. The summed E-state index contributed by atoms with van der Waals surface area (Å²) in [4.78, 5) is 36.0. The number of aryl methyl sites for hydroxylation is 1. The lowest BCUT2D eigenvalue weighted by Gasteiger charge is -2.08. The molecule has 0 saturated carbocycles. The van der Waals surface area contributed by atoms with Gasteiger partial charge in [0, 0.05) is 24.0 Å². The summed E-state index contributed by atoms with van der Waals surface area (Å²) in [6.07, 6.45) is 0. The summed E-state index contributed by atoms with van der Waals surface area (Å²) in [6, 6.07) is 10.9. The van der Waals surface area contributed by atoms with Gasteiger partial charge in [-0.25, -0.2) is 9.49 Å². The van der Waals surface area contributed by atoms with E-state index in [1.54, 1.807) is 31.2 Å². The zero-order chi connectivity index (χ0) is 19.4. The molecule has 138 valence electrons. The fourth-order valence-electron chi connectivity index (χ4n) is 2.56. The number of carbonyl (C=O) groups excluding carboxylic acids is 2. The molecule has 0 radical (unpaired) electrons. The molecule has 1 aromatic heterocycles. The van der Waals surface area contributed by atoms with Crippen molar-refractivity contribution in [2.24, 2.45) is 0 Å². The molecule has 2 aromatic carbocycles. The minimum Gasteiger partial charge on any atom is -0.350 e. The number of benzene rings is 2. The lowest BCUT2D eigenvalue weighted by Crippen LogP contribution is -2.35. The van der Waals surface area contributed by atoms with Crippen molar-refractivity contribution >= 4 is 22.6 Å². The van der Waals surface area contributed by atoms with Crippen molar-refractivity contribution in [2.75, 3.05) is 13.1 Å². The van der Waals surface area contributed by atoms with Crippen LogP contribution in [0.15, 0.2) is 47.3 Å². The van der Waals surface area contributed by atoms with Crippen molar-refractivity contribution in [3.8, 4) is 0 Å². The highest BCUT2D eigenvalue weighted by Crippen LogP contribution is 2.12. The second-order valence-electron chi connectivity index (χ2n) is 5.92. The van der Waals surface area contributed by atoms with Gasteiger partial charge in [-0.2, -0.15) is 5.10 Å². The fraction of sp³-hybridized carbons (Fsp3) is 0.158. The maximum Gasteiger partial charge on any atom is 0.272 e. The highest BCUT2D eigenvalue weighted by atomic mass is 19.1. The SMILES string of the molecule is Cc1ccc(C(=O)NCCNC(=O)c2n[nH]c(=O)c3ccccc23)cc1F. The number of nitrogens with one attached hydrogen (secondary N) is 3. The number of hydrogen-bond acceptors (Lipinski definition) is 4. The van der Waals surface area contributed by atoms with Gasteiger partial charge in [-0.1, -0.05) is 24.3 Å². The van der Waals surface area contributed by atoms with E-state index in [0.717, 1.165) is 0 Å². The summed E-state index contributed by atoms with van der Waals surface area (Å²) >= 11 is 0. The van der Waals surface area contributed by atoms with Gasteiger partial charge in [0.15, 0.2) is 5.69 Å². The van der Waals surface area contributed by atoms with Crippen LogP contribution < -0.4 is 16.2 Å². The first-order chi connectivity index (χ1) is 13.0. The van der Waals surface area contributed by atoms with Crippen molar-refractivity contribution < 1.29 is 14.0 Å². The first-order valence-electron chi connectivity index (χ1n) is 8.27. The number of H-pyrrole nitrogens is 1. The Bertz CT molecular complexity index is 1080. The van der Waals surface area contributed by atoms with E-state index < -0.39 is 17.6 Å². The Hall–Kier alpha value is -3.55. The summed E-state index contributed by atoms with van der Waals surface area (Å²) in [6.45, 7) is 1.91. The average molecular weight is 368 g/mol. The summed E-state index contributed by atoms with van der Waals surface area (Å²) in [5.41, 5.74) is 0.383.